The van der Waals surface area contributed by atoms with Gasteiger partial charge in [0.25, 0.3) is 5.69 Å². The maximum Gasteiger partial charge on any atom is 0.427 e. The maximum atomic E-state index is 11.1. The van der Waals surface area contributed by atoms with Gasteiger partial charge in [-0.05, 0) is 0 Å². The van der Waals surface area contributed by atoms with Crippen molar-refractivity contribution in [3.05, 3.63) is 32.3 Å². The second-order valence-electron chi connectivity index (χ2n) is 2.93. The first-order valence-electron chi connectivity index (χ1n) is 4.18. The average molecular weight is 350 g/mol. The third-order valence-electron chi connectivity index (χ3n) is 1.59. The zero-order valence-electron chi connectivity index (χ0n) is 8.59. The quantitative estimate of drug-likeness (QED) is 0.509. The number of nitro groups is 1. The van der Waals surface area contributed by atoms with Crippen LogP contribution in [-0.4, -0.2) is 19.4 Å². The number of carbonyl (C=O) groups is 1. The summed E-state index contributed by atoms with van der Waals surface area (Å²) in [6, 6.07) is 1.76. The van der Waals surface area contributed by atoms with Crippen molar-refractivity contribution in [2.24, 2.45) is 0 Å². The highest BCUT2D eigenvalue weighted by molar-refractivity contribution is 8.12. The van der Waals surface area contributed by atoms with Gasteiger partial charge in [-0.2, -0.15) is 8.42 Å². The van der Waals surface area contributed by atoms with Crippen molar-refractivity contribution >= 4 is 54.9 Å². The molecule has 0 atom stereocenters. The molecule has 0 saturated heterocycles. The Morgan fingerprint density at radius 3 is 2.16 bits per heavy atom. The zero-order valence-corrected chi connectivity index (χ0v) is 11.7. The first kappa shape index (κ1) is 15.8. The maximum absolute atomic E-state index is 11.1. The molecule has 12 heteroatoms. The Morgan fingerprint density at radius 2 is 1.79 bits per heavy atom. The zero-order chi connectivity index (χ0) is 14.8. The number of ether oxygens (including phenoxy) is 1. The molecule has 0 aliphatic heterocycles. The third-order valence-corrected chi connectivity index (χ3v) is 2.80. The highest BCUT2D eigenvalue weighted by atomic mass is 35.7. The number of hydrogen-bond donors (Lipinski definition) is 1. The van der Waals surface area contributed by atoms with Crippen LogP contribution >= 0.6 is 33.9 Å². The molecule has 0 aliphatic carbocycles. The van der Waals surface area contributed by atoms with Gasteiger partial charge in [-0.3, -0.25) is 10.1 Å². The van der Waals surface area contributed by atoms with Crippen molar-refractivity contribution in [2.75, 3.05) is 0 Å². The molecule has 1 aromatic carbocycles. The lowest BCUT2D eigenvalue weighted by Gasteiger charge is -2.07. The van der Waals surface area contributed by atoms with Crippen molar-refractivity contribution in [2.45, 2.75) is 0 Å². The number of non-ortho nitro benzene ring substituents is 1. The highest BCUT2D eigenvalue weighted by Crippen LogP contribution is 2.36. The van der Waals surface area contributed by atoms with Crippen molar-refractivity contribution in [3.8, 4) is 5.75 Å². The van der Waals surface area contributed by atoms with Crippen LogP contribution in [0, 0.1) is 10.1 Å². The van der Waals surface area contributed by atoms with Gasteiger partial charge in [-0.25, -0.2) is 9.52 Å². The predicted molar refractivity (Wildman–Crippen MR) is 67.0 cm³/mol. The molecule has 0 fully saturated rings. The fourth-order valence-corrected chi connectivity index (χ4v) is 1.94. The van der Waals surface area contributed by atoms with Gasteiger partial charge < -0.3 is 4.74 Å². The molecule has 1 rings (SSSR count). The average Bonchev–Trinajstić information content (AvgIpc) is 2.20. The van der Waals surface area contributed by atoms with Crippen LogP contribution in [0.15, 0.2) is 12.1 Å². The first-order valence-corrected chi connectivity index (χ1v) is 7.24. The summed E-state index contributed by atoms with van der Waals surface area (Å²) in [7, 11) is 0.408. The summed E-state index contributed by atoms with van der Waals surface area (Å²) in [5.41, 5.74) is -0.423. The molecule has 0 unspecified atom stereocenters. The van der Waals surface area contributed by atoms with E-state index in [1.807, 2.05) is 0 Å². The van der Waals surface area contributed by atoms with Crippen molar-refractivity contribution < 1.29 is 22.9 Å². The normalized spacial score (nSPS) is 10.9. The Morgan fingerprint density at radius 1 is 1.32 bits per heavy atom. The summed E-state index contributed by atoms with van der Waals surface area (Å²) < 4.78 is 26.9. The number of amides is 1. The molecule has 0 aromatic heterocycles. The summed E-state index contributed by atoms with van der Waals surface area (Å²) in [5, 5.41) is 9.81. The summed E-state index contributed by atoms with van der Waals surface area (Å²) in [5.74, 6) is -0.438. The molecule has 1 amide bonds. The van der Waals surface area contributed by atoms with Gasteiger partial charge in [0.15, 0.2) is 5.75 Å². The molecule has 0 spiro atoms. The molecule has 0 aliphatic rings. The highest BCUT2D eigenvalue weighted by Gasteiger charge is 2.20. The minimum absolute atomic E-state index is 0.346. The van der Waals surface area contributed by atoms with Crippen LogP contribution in [0.25, 0.3) is 0 Å². The van der Waals surface area contributed by atoms with Crippen molar-refractivity contribution in [3.63, 3.8) is 0 Å². The van der Waals surface area contributed by atoms with Gasteiger partial charge >= 0.3 is 15.3 Å². The van der Waals surface area contributed by atoms with Crippen molar-refractivity contribution in [1.29, 1.82) is 0 Å². The predicted octanol–water partition coefficient (Wildman–Crippen LogP) is 2.47. The molecule has 0 bridgehead atoms. The summed E-state index contributed by atoms with van der Waals surface area (Å²) in [6.07, 6.45) is -1.47. The van der Waals surface area contributed by atoms with Gasteiger partial charge in [-0.15, -0.1) is 0 Å². The minimum atomic E-state index is -4.34. The van der Waals surface area contributed by atoms with E-state index < -0.39 is 31.7 Å². The van der Waals surface area contributed by atoms with Crippen LogP contribution in [0.4, 0.5) is 10.5 Å². The van der Waals surface area contributed by atoms with E-state index in [9.17, 15) is 23.3 Å². The van der Waals surface area contributed by atoms with E-state index in [1.165, 1.54) is 4.72 Å². The van der Waals surface area contributed by atoms with E-state index in [-0.39, 0.29) is 10.0 Å². The van der Waals surface area contributed by atoms with Crippen LogP contribution in [-0.2, 0) is 9.24 Å². The molecular formula is C7H3Cl3N2O6S. The van der Waals surface area contributed by atoms with E-state index in [0.717, 1.165) is 12.1 Å². The number of nitro benzene ring substituents is 1. The second-order valence-corrected chi connectivity index (χ2v) is 6.04. The molecule has 19 heavy (non-hydrogen) atoms. The van der Waals surface area contributed by atoms with E-state index in [0.29, 0.717) is 0 Å². The molecule has 104 valence electrons. The fourth-order valence-electron chi connectivity index (χ4n) is 0.962. The van der Waals surface area contributed by atoms with Crippen LogP contribution in [0.5, 0.6) is 5.75 Å². The number of halogens is 3. The van der Waals surface area contributed by atoms with Gasteiger partial charge in [0.1, 0.15) is 0 Å². The van der Waals surface area contributed by atoms with E-state index in [1.54, 1.807) is 0 Å². The third kappa shape index (κ3) is 4.71. The number of carbonyl (C=O) groups excluding carboxylic acids is 1. The number of benzene rings is 1. The summed E-state index contributed by atoms with van der Waals surface area (Å²) >= 11 is 11.2. The second kappa shape index (κ2) is 5.78. The van der Waals surface area contributed by atoms with Crippen LogP contribution in [0.1, 0.15) is 0 Å². The Balaban J connectivity index is 3.03. The minimum Gasteiger partial charge on any atom is -0.406 e. The molecular weight excluding hydrogens is 347 g/mol. The summed E-state index contributed by atoms with van der Waals surface area (Å²) in [4.78, 5) is 20.8. The lowest BCUT2D eigenvalue weighted by atomic mass is 10.3. The molecule has 0 radical (unpaired) electrons. The fraction of sp³-hybridized carbons (Fsp3) is 0. The number of nitrogens with zero attached hydrogens (tertiary/aromatic N) is 1. The molecule has 8 nitrogen and oxygen atoms in total. The van der Waals surface area contributed by atoms with Crippen molar-refractivity contribution in [1.82, 2.24) is 4.72 Å². The Kier molecular flexibility index (Phi) is 4.80. The molecule has 0 saturated carbocycles. The van der Waals surface area contributed by atoms with E-state index in [2.05, 4.69) is 4.74 Å². The van der Waals surface area contributed by atoms with Gasteiger partial charge in [0.05, 0.1) is 15.0 Å². The van der Waals surface area contributed by atoms with Gasteiger partial charge in [-0.1, -0.05) is 23.2 Å². The number of rotatable bonds is 3. The SMILES string of the molecule is O=C(NS(=O)(=O)Cl)Oc1c(Cl)cc([N+](=O)[O-])cc1Cl. The van der Waals surface area contributed by atoms with Crippen LogP contribution in [0.2, 0.25) is 10.0 Å². The largest absolute Gasteiger partial charge is 0.427 e. The number of hydrogen-bond acceptors (Lipinski definition) is 6. The Hall–Kier alpha value is -1.29. The van der Waals surface area contributed by atoms with Crippen LogP contribution in [0.3, 0.4) is 0 Å². The summed E-state index contributed by atoms with van der Waals surface area (Å²) in [6.45, 7) is 0. The number of nitrogens with one attached hydrogen (secondary N) is 1. The molecule has 0 heterocycles. The van der Waals surface area contributed by atoms with Crippen LogP contribution < -0.4 is 9.46 Å². The van der Waals surface area contributed by atoms with Gasteiger partial charge in [0.2, 0.25) is 0 Å². The Labute approximate surface area is 120 Å². The first-order chi connectivity index (χ1) is 8.60. The monoisotopic (exact) mass is 348 g/mol. The lowest BCUT2D eigenvalue weighted by molar-refractivity contribution is -0.384. The van der Waals surface area contributed by atoms with E-state index >= 15 is 0 Å². The smallest absolute Gasteiger partial charge is 0.406 e. The lowest BCUT2D eigenvalue weighted by Crippen LogP contribution is -2.29. The topological polar surface area (TPSA) is 116 Å². The van der Waals surface area contributed by atoms with E-state index in [4.69, 9.17) is 33.9 Å². The standard InChI is InChI=1S/C7H3Cl3N2O6S/c8-4-1-3(12(14)15)2-5(9)6(4)18-7(13)11-19(10,16)17/h1-2H,(H,11,13). The molecule has 1 N–H and O–H groups in total. The molecule has 1 aromatic rings. The Bertz CT molecular complexity index is 623. The van der Waals surface area contributed by atoms with Gasteiger partial charge in [0, 0.05) is 22.8 Å².